The standard InChI is InChI=1S/C20H26O10S2/c1-5-9-15-12-20(19(22)27-2,30-32(4,25)26)13-16(17(15)29-31(3,23)24)28-18(21)14-10-7-6-8-11-14/h5-8,10-11,15-17H,1,9,12-13H2,2-4H3/t15-,16+,17+,20-/m0/s1. The molecule has 32 heavy (non-hydrogen) atoms. The van der Waals surface area contributed by atoms with Gasteiger partial charge in [0.05, 0.1) is 25.2 Å². The molecule has 0 spiro atoms. The lowest BCUT2D eigenvalue weighted by molar-refractivity contribution is -0.174. The molecule has 1 saturated carbocycles. The van der Waals surface area contributed by atoms with Gasteiger partial charge in [-0.2, -0.15) is 16.8 Å². The lowest BCUT2D eigenvalue weighted by atomic mass is 9.73. The third kappa shape index (κ3) is 6.86. The maximum atomic E-state index is 12.7. The van der Waals surface area contributed by atoms with Crippen LogP contribution >= 0.6 is 0 Å². The van der Waals surface area contributed by atoms with Gasteiger partial charge in [0.1, 0.15) is 12.2 Å². The van der Waals surface area contributed by atoms with Crippen LogP contribution in [0.15, 0.2) is 43.0 Å². The normalized spacial score (nSPS) is 26.2. The molecule has 1 fully saturated rings. The largest absolute Gasteiger partial charge is 0.467 e. The van der Waals surface area contributed by atoms with Crippen molar-refractivity contribution in [3.05, 3.63) is 48.6 Å². The van der Waals surface area contributed by atoms with Crippen LogP contribution in [-0.2, 0) is 42.9 Å². The van der Waals surface area contributed by atoms with E-state index in [0.717, 1.165) is 19.6 Å². The molecule has 178 valence electrons. The Bertz CT molecular complexity index is 1050. The van der Waals surface area contributed by atoms with Gasteiger partial charge in [-0.1, -0.05) is 24.3 Å². The lowest BCUT2D eigenvalue weighted by Gasteiger charge is -2.44. The summed E-state index contributed by atoms with van der Waals surface area (Å²) in [6.45, 7) is 3.62. The van der Waals surface area contributed by atoms with Gasteiger partial charge in [-0.25, -0.2) is 9.59 Å². The second-order valence-electron chi connectivity index (χ2n) is 7.54. The topological polar surface area (TPSA) is 139 Å². The van der Waals surface area contributed by atoms with E-state index in [1.165, 1.54) is 18.2 Å². The lowest BCUT2D eigenvalue weighted by Crippen LogP contribution is -2.58. The molecule has 1 aromatic carbocycles. The zero-order valence-electron chi connectivity index (χ0n) is 17.9. The SMILES string of the molecule is C=CC[C@H]1C[C@@](OS(C)(=O)=O)(C(=O)OC)C[C@@H](OC(=O)c2ccccc2)[C@@H]1OS(C)(=O)=O. The van der Waals surface area contributed by atoms with Crippen LogP contribution in [0.5, 0.6) is 0 Å². The summed E-state index contributed by atoms with van der Waals surface area (Å²) in [5.74, 6) is -2.61. The number of ether oxygens (including phenoxy) is 2. The minimum atomic E-state index is -4.16. The molecule has 0 radical (unpaired) electrons. The summed E-state index contributed by atoms with van der Waals surface area (Å²) in [4.78, 5) is 25.4. The van der Waals surface area contributed by atoms with Crippen molar-refractivity contribution in [2.75, 3.05) is 19.6 Å². The summed E-state index contributed by atoms with van der Waals surface area (Å²) in [6.07, 6.45) is -0.155. The Morgan fingerprint density at radius 2 is 1.72 bits per heavy atom. The van der Waals surface area contributed by atoms with Crippen LogP contribution in [0, 0.1) is 5.92 Å². The van der Waals surface area contributed by atoms with Crippen molar-refractivity contribution in [3.8, 4) is 0 Å². The minimum absolute atomic E-state index is 0.117. The molecule has 2 rings (SSSR count). The Balaban J connectivity index is 2.55. The van der Waals surface area contributed by atoms with Crippen molar-refractivity contribution in [1.29, 1.82) is 0 Å². The van der Waals surface area contributed by atoms with Crippen LogP contribution in [0.2, 0.25) is 0 Å². The zero-order valence-corrected chi connectivity index (χ0v) is 19.6. The van der Waals surface area contributed by atoms with Gasteiger partial charge in [0.15, 0.2) is 5.60 Å². The maximum absolute atomic E-state index is 12.7. The van der Waals surface area contributed by atoms with Crippen molar-refractivity contribution >= 4 is 32.2 Å². The first-order chi connectivity index (χ1) is 14.8. The molecule has 1 aliphatic rings. The Hall–Kier alpha value is -2.28. The van der Waals surface area contributed by atoms with E-state index in [4.69, 9.17) is 17.8 Å². The highest BCUT2D eigenvalue weighted by Gasteiger charge is 2.56. The molecule has 1 aromatic rings. The molecular weight excluding hydrogens is 464 g/mol. The van der Waals surface area contributed by atoms with Crippen molar-refractivity contribution in [2.24, 2.45) is 5.92 Å². The molecule has 0 unspecified atom stereocenters. The van der Waals surface area contributed by atoms with Gasteiger partial charge in [0, 0.05) is 6.42 Å². The zero-order chi connectivity index (χ0) is 24.2. The van der Waals surface area contributed by atoms with Crippen molar-refractivity contribution < 1.29 is 44.3 Å². The highest BCUT2D eigenvalue weighted by atomic mass is 32.2. The van der Waals surface area contributed by atoms with Crippen LogP contribution in [-0.4, -0.2) is 66.2 Å². The van der Waals surface area contributed by atoms with Crippen LogP contribution in [0.1, 0.15) is 29.6 Å². The summed E-state index contributed by atoms with van der Waals surface area (Å²) in [5, 5.41) is 0. The van der Waals surface area contributed by atoms with Gasteiger partial charge < -0.3 is 9.47 Å². The van der Waals surface area contributed by atoms with E-state index < -0.39 is 62.3 Å². The molecule has 1 aliphatic carbocycles. The van der Waals surface area contributed by atoms with E-state index in [1.807, 2.05) is 0 Å². The van der Waals surface area contributed by atoms with E-state index in [9.17, 15) is 26.4 Å². The summed E-state index contributed by atoms with van der Waals surface area (Å²) < 4.78 is 68.5. The summed E-state index contributed by atoms with van der Waals surface area (Å²) in [6, 6.07) is 7.87. The molecule has 0 heterocycles. The summed E-state index contributed by atoms with van der Waals surface area (Å²) in [7, 11) is -7.11. The van der Waals surface area contributed by atoms with Crippen LogP contribution in [0.4, 0.5) is 0 Å². The quantitative estimate of drug-likeness (QED) is 0.284. The molecule has 0 N–H and O–H groups in total. The number of carbonyl (C=O) groups excluding carboxylic acids is 2. The smallest absolute Gasteiger partial charge is 0.339 e. The fourth-order valence-corrected chi connectivity index (χ4v) is 5.24. The monoisotopic (exact) mass is 490 g/mol. The van der Waals surface area contributed by atoms with E-state index in [-0.39, 0.29) is 18.4 Å². The third-order valence-corrected chi connectivity index (χ3v) is 6.04. The number of rotatable bonds is 9. The number of hydrogen-bond acceptors (Lipinski definition) is 10. The number of methoxy groups -OCH3 is 1. The van der Waals surface area contributed by atoms with Crippen molar-refractivity contribution in [1.82, 2.24) is 0 Å². The van der Waals surface area contributed by atoms with Crippen molar-refractivity contribution in [3.63, 3.8) is 0 Å². The number of esters is 2. The van der Waals surface area contributed by atoms with E-state index in [1.54, 1.807) is 18.2 Å². The first-order valence-electron chi connectivity index (χ1n) is 9.54. The average molecular weight is 491 g/mol. The Morgan fingerprint density at radius 1 is 1.09 bits per heavy atom. The first-order valence-corrected chi connectivity index (χ1v) is 13.2. The van der Waals surface area contributed by atoms with E-state index in [2.05, 4.69) is 6.58 Å². The van der Waals surface area contributed by atoms with Crippen molar-refractivity contribution in [2.45, 2.75) is 37.1 Å². The fraction of sp³-hybridized carbons (Fsp3) is 0.500. The van der Waals surface area contributed by atoms with Gasteiger partial charge >= 0.3 is 11.9 Å². The van der Waals surface area contributed by atoms with E-state index >= 15 is 0 Å². The van der Waals surface area contributed by atoms with Gasteiger partial charge in [-0.15, -0.1) is 6.58 Å². The minimum Gasteiger partial charge on any atom is -0.467 e. The highest BCUT2D eigenvalue weighted by molar-refractivity contribution is 7.86. The van der Waals surface area contributed by atoms with Crippen LogP contribution < -0.4 is 0 Å². The molecule has 10 nitrogen and oxygen atoms in total. The number of allylic oxidation sites excluding steroid dienone is 1. The second kappa shape index (κ2) is 10.1. The molecule has 12 heteroatoms. The van der Waals surface area contributed by atoms with Gasteiger partial charge in [-0.3, -0.25) is 8.37 Å². The number of benzene rings is 1. The average Bonchev–Trinajstić information content (AvgIpc) is 2.68. The van der Waals surface area contributed by atoms with E-state index in [0.29, 0.717) is 0 Å². The molecule has 0 bridgehead atoms. The van der Waals surface area contributed by atoms with Crippen LogP contribution in [0.3, 0.4) is 0 Å². The predicted octanol–water partition coefficient (Wildman–Crippen LogP) is 1.43. The molecular formula is C20H26O10S2. The Morgan fingerprint density at radius 3 is 2.22 bits per heavy atom. The fourth-order valence-electron chi connectivity index (χ4n) is 3.77. The molecule has 0 aromatic heterocycles. The second-order valence-corrected chi connectivity index (χ2v) is 10.7. The highest BCUT2D eigenvalue weighted by Crippen LogP contribution is 2.42. The molecule has 0 saturated heterocycles. The summed E-state index contributed by atoms with van der Waals surface area (Å²) in [5.41, 5.74) is -1.88. The maximum Gasteiger partial charge on any atom is 0.339 e. The Kier molecular flexibility index (Phi) is 8.21. The predicted molar refractivity (Wildman–Crippen MR) is 114 cm³/mol. The summed E-state index contributed by atoms with van der Waals surface area (Å²) >= 11 is 0. The van der Waals surface area contributed by atoms with Gasteiger partial charge in [-0.05, 0) is 30.9 Å². The molecule has 0 aliphatic heterocycles. The number of carbonyl (C=O) groups is 2. The van der Waals surface area contributed by atoms with Gasteiger partial charge in [0.25, 0.3) is 20.2 Å². The Labute approximate surface area is 187 Å². The molecule has 4 atom stereocenters. The third-order valence-electron chi connectivity index (χ3n) is 4.85. The molecule has 0 amide bonds. The van der Waals surface area contributed by atoms with Crippen LogP contribution in [0.25, 0.3) is 0 Å². The number of hydrogen-bond donors (Lipinski definition) is 0. The van der Waals surface area contributed by atoms with Gasteiger partial charge in [0.2, 0.25) is 0 Å². The first kappa shape index (κ1) is 26.0.